The molecule has 2 aromatic heterocycles. The zero-order valence-electron chi connectivity index (χ0n) is 22.2. The number of aromatic nitrogens is 3. The summed E-state index contributed by atoms with van der Waals surface area (Å²) >= 11 is 12.3. The van der Waals surface area contributed by atoms with Crippen LogP contribution < -0.4 is 25.2 Å². The molecule has 0 unspecified atom stereocenters. The third kappa shape index (κ3) is 5.90. The number of aromatic amines is 1. The van der Waals surface area contributed by atoms with E-state index in [9.17, 15) is 4.79 Å². The first-order chi connectivity index (χ1) is 18.6. The van der Waals surface area contributed by atoms with Crippen molar-refractivity contribution in [3.05, 3.63) is 69.1 Å². The predicted molar refractivity (Wildman–Crippen MR) is 157 cm³/mol. The van der Waals surface area contributed by atoms with Crippen LogP contribution in [0.5, 0.6) is 17.4 Å². The summed E-state index contributed by atoms with van der Waals surface area (Å²) in [5.41, 5.74) is 1.49. The number of ether oxygens (including phenoxy) is 2. The Morgan fingerprint density at radius 2 is 1.77 bits per heavy atom. The fourth-order valence-electron chi connectivity index (χ4n) is 4.65. The summed E-state index contributed by atoms with van der Waals surface area (Å²) in [7, 11) is 1.62. The topological polar surface area (TPSA) is 95.6 Å². The van der Waals surface area contributed by atoms with E-state index in [2.05, 4.69) is 51.1 Å². The van der Waals surface area contributed by atoms with E-state index in [1.165, 1.54) is 6.20 Å². The van der Waals surface area contributed by atoms with Crippen molar-refractivity contribution < 1.29 is 9.47 Å². The first kappa shape index (κ1) is 27.1. The molecule has 2 aromatic carbocycles. The summed E-state index contributed by atoms with van der Waals surface area (Å²) in [5, 5.41) is 11.4. The number of fused-ring (bicyclic) bond motifs is 1. The van der Waals surface area contributed by atoms with E-state index in [0.29, 0.717) is 43.8 Å². The van der Waals surface area contributed by atoms with Gasteiger partial charge in [-0.25, -0.2) is 5.10 Å². The van der Waals surface area contributed by atoms with E-state index in [0.717, 1.165) is 31.9 Å². The van der Waals surface area contributed by atoms with Gasteiger partial charge in [0.25, 0.3) is 5.56 Å². The molecule has 9 nitrogen and oxygen atoms in total. The Balaban J connectivity index is 1.45. The highest BCUT2D eigenvalue weighted by atomic mass is 35.5. The van der Waals surface area contributed by atoms with E-state index in [-0.39, 0.29) is 17.0 Å². The van der Waals surface area contributed by atoms with E-state index < -0.39 is 0 Å². The molecule has 0 amide bonds. The number of hydrogen-bond donors (Lipinski definition) is 2. The Kier molecular flexibility index (Phi) is 7.57. The minimum Gasteiger partial charge on any atom is -0.494 e. The first-order valence-electron chi connectivity index (χ1n) is 12.6. The lowest BCUT2D eigenvalue weighted by molar-refractivity contribution is 0.128. The minimum absolute atomic E-state index is 0.151. The van der Waals surface area contributed by atoms with Crippen molar-refractivity contribution in [3.63, 3.8) is 0 Å². The number of rotatable bonds is 6. The number of H-pyrrole nitrogens is 1. The number of benzene rings is 2. The largest absolute Gasteiger partial charge is 0.494 e. The molecule has 4 aromatic rings. The summed E-state index contributed by atoms with van der Waals surface area (Å²) in [6.07, 6.45) is 1.54. The fourth-order valence-corrected chi connectivity index (χ4v) is 5.10. The van der Waals surface area contributed by atoms with Crippen LogP contribution >= 0.6 is 23.2 Å². The number of anilines is 3. The second-order valence-electron chi connectivity index (χ2n) is 10.3. The van der Waals surface area contributed by atoms with Gasteiger partial charge in [0, 0.05) is 59.9 Å². The number of piperazine rings is 1. The number of pyridine rings is 1. The van der Waals surface area contributed by atoms with Gasteiger partial charge in [0.05, 0.1) is 29.4 Å². The van der Waals surface area contributed by atoms with Crippen molar-refractivity contribution in [1.82, 2.24) is 20.1 Å². The predicted octanol–water partition coefficient (Wildman–Crippen LogP) is 6.09. The lowest BCUT2D eigenvalue weighted by Gasteiger charge is -2.43. The molecule has 1 saturated heterocycles. The van der Waals surface area contributed by atoms with Gasteiger partial charge in [0.2, 0.25) is 5.88 Å². The maximum Gasteiger partial charge on any atom is 0.275 e. The summed E-state index contributed by atoms with van der Waals surface area (Å²) in [6.45, 7) is 10.6. The molecule has 1 aliphatic heterocycles. The fraction of sp³-hybridized carbons (Fsp3) is 0.321. The van der Waals surface area contributed by atoms with E-state index in [1.54, 1.807) is 31.4 Å². The van der Waals surface area contributed by atoms with Crippen LogP contribution in [0.25, 0.3) is 10.8 Å². The van der Waals surface area contributed by atoms with Gasteiger partial charge >= 0.3 is 0 Å². The van der Waals surface area contributed by atoms with Gasteiger partial charge in [-0.1, -0.05) is 23.2 Å². The van der Waals surface area contributed by atoms with Gasteiger partial charge in [-0.15, -0.1) is 0 Å². The van der Waals surface area contributed by atoms with Crippen LogP contribution in [0.2, 0.25) is 10.0 Å². The molecule has 11 heteroatoms. The third-order valence-corrected chi connectivity index (χ3v) is 7.29. The normalized spacial score (nSPS) is 14.5. The van der Waals surface area contributed by atoms with Crippen LogP contribution in [0.15, 0.2) is 53.5 Å². The lowest BCUT2D eigenvalue weighted by Crippen LogP contribution is -2.53. The smallest absolute Gasteiger partial charge is 0.275 e. The lowest BCUT2D eigenvalue weighted by atomic mass is 10.0. The minimum atomic E-state index is -0.383. The maximum absolute atomic E-state index is 12.7. The van der Waals surface area contributed by atoms with Crippen LogP contribution in [-0.2, 0) is 0 Å². The number of hydrogen-bond acceptors (Lipinski definition) is 8. The summed E-state index contributed by atoms with van der Waals surface area (Å²) in [4.78, 5) is 22.2. The van der Waals surface area contributed by atoms with Gasteiger partial charge in [-0.2, -0.15) is 10.1 Å². The van der Waals surface area contributed by atoms with Gasteiger partial charge < -0.3 is 19.7 Å². The molecule has 5 rings (SSSR count). The van der Waals surface area contributed by atoms with Gasteiger partial charge in [-0.3, -0.25) is 9.69 Å². The zero-order chi connectivity index (χ0) is 27.7. The average Bonchev–Trinajstić information content (AvgIpc) is 2.90. The van der Waals surface area contributed by atoms with E-state index in [4.69, 9.17) is 32.7 Å². The quantitative estimate of drug-likeness (QED) is 0.288. The Morgan fingerprint density at radius 1 is 1.00 bits per heavy atom. The number of methoxy groups -OCH3 is 1. The summed E-state index contributed by atoms with van der Waals surface area (Å²) < 4.78 is 11.7. The molecule has 3 heterocycles. The molecule has 0 radical (unpaired) electrons. The molecule has 0 saturated carbocycles. The highest BCUT2D eigenvalue weighted by Crippen LogP contribution is 2.36. The summed E-state index contributed by atoms with van der Waals surface area (Å²) in [6, 6.07) is 12.5. The Morgan fingerprint density at radius 3 is 2.46 bits per heavy atom. The second kappa shape index (κ2) is 10.9. The van der Waals surface area contributed by atoms with Crippen molar-refractivity contribution in [2.75, 3.05) is 43.5 Å². The third-order valence-electron chi connectivity index (χ3n) is 6.76. The van der Waals surface area contributed by atoms with Crippen molar-refractivity contribution in [2.24, 2.45) is 0 Å². The molecular formula is C28H30Cl2N6O3. The first-order valence-corrected chi connectivity index (χ1v) is 13.3. The van der Waals surface area contributed by atoms with Gasteiger partial charge in [0.15, 0.2) is 0 Å². The molecule has 1 fully saturated rings. The Bertz CT molecular complexity index is 1560. The molecular weight excluding hydrogens is 539 g/mol. The highest BCUT2D eigenvalue weighted by Gasteiger charge is 2.26. The van der Waals surface area contributed by atoms with Crippen LogP contribution in [0.1, 0.15) is 20.8 Å². The van der Waals surface area contributed by atoms with Crippen LogP contribution in [0.4, 0.5) is 17.2 Å². The van der Waals surface area contributed by atoms with Gasteiger partial charge in [-0.05, 0) is 51.1 Å². The standard InChI is InChI=1S/C28H30Cl2N6O3/c1-28(2,3)36-11-9-35(10-12-36)19-6-7-21(23(15-19)38-4)32-26-25-17(16-31-34-27(25)37)13-24(33-26)39-22-8-5-18(29)14-20(22)30/h5-8,13-16H,9-12H2,1-4H3,(H,32,33)(H,34,37). The second-order valence-corrected chi connectivity index (χ2v) is 11.1. The molecule has 0 spiro atoms. The van der Waals surface area contributed by atoms with Crippen molar-refractivity contribution in [2.45, 2.75) is 26.3 Å². The molecule has 2 N–H and O–H groups in total. The SMILES string of the molecule is COc1cc(N2CCN(C(C)(C)C)CC2)ccc1Nc1nc(Oc2ccc(Cl)cc2Cl)cc2cn[nH]c(=O)c12. The highest BCUT2D eigenvalue weighted by molar-refractivity contribution is 6.35. The molecule has 0 aliphatic carbocycles. The number of nitrogens with one attached hydrogen (secondary N) is 2. The zero-order valence-corrected chi connectivity index (χ0v) is 23.7. The molecule has 204 valence electrons. The molecule has 1 aliphatic rings. The van der Waals surface area contributed by atoms with Crippen LogP contribution in [0, 0.1) is 0 Å². The van der Waals surface area contributed by atoms with E-state index >= 15 is 0 Å². The molecule has 39 heavy (non-hydrogen) atoms. The number of halogens is 2. The average molecular weight is 569 g/mol. The molecule has 0 bridgehead atoms. The maximum atomic E-state index is 12.7. The van der Waals surface area contributed by atoms with Crippen LogP contribution in [0.3, 0.4) is 0 Å². The Labute approximate surface area is 236 Å². The monoisotopic (exact) mass is 568 g/mol. The van der Waals surface area contributed by atoms with Crippen molar-refractivity contribution in [1.29, 1.82) is 0 Å². The Hall–Kier alpha value is -3.53. The summed E-state index contributed by atoms with van der Waals surface area (Å²) in [5.74, 6) is 1.53. The van der Waals surface area contributed by atoms with Crippen LogP contribution in [-0.4, -0.2) is 58.9 Å². The van der Waals surface area contributed by atoms with Gasteiger partial charge in [0.1, 0.15) is 17.3 Å². The van der Waals surface area contributed by atoms with Crippen molar-refractivity contribution >= 4 is 51.2 Å². The van der Waals surface area contributed by atoms with E-state index in [1.807, 2.05) is 18.2 Å². The van der Waals surface area contributed by atoms with Crippen molar-refractivity contribution in [3.8, 4) is 17.4 Å². The number of nitrogens with zero attached hydrogens (tertiary/aromatic N) is 4. The molecule has 0 atom stereocenters.